The van der Waals surface area contributed by atoms with E-state index in [1.807, 2.05) is 0 Å². The van der Waals surface area contributed by atoms with Gasteiger partial charge < -0.3 is 4.74 Å². The maximum Gasteiger partial charge on any atom is 0.316 e. The van der Waals surface area contributed by atoms with Crippen LogP contribution in [0.4, 0.5) is 0 Å². The van der Waals surface area contributed by atoms with Crippen molar-refractivity contribution >= 4 is 11.8 Å². The second-order valence-electron chi connectivity index (χ2n) is 6.05. The second-order valence-corrected chi connectivity index (χ2v) is 6.05. The minimum Gasteiger partial charge on any atom is -0.468 e. The Bertz CT molecular complexity index is 549. The number of aryl methyl sites for hydroxylation is 1. The maximum absolute atomic E-state index is 12.4. The Morgan fingerprint density at radius 1 is 1.30 bits per heavy atom. The molecule has 1 aromatic rings. The van der Waals surface area contributed by atoms with Crippen LogP contribution in [0.5, 0.6) is 0 Å². The van der Waals surface area contributed by atoms with Crippen LogP contribution >= 0.6 is 0 Å². The van der Waals surface area contributed by atoms with Crippen LogP contribution < -0.4 is 0 Å². The van der Waals surface area contributed by atoms with Crippen molar-refractivity contribution in [2.45, 2.75) is 43.9 Å². The van der Waals surface area contributed by atoms with E-state index in [1.165, 1.54) is 18.2 Å². The number of fused-ring (bicyclic) bond motifs is 2. The van der Waals surface area contributed by atoms with Crippen LogP contribution in [0.3, 0.4) is 0 Å². The first-order chi connectivity index (χ1) is 9.66. The molecule has 3 rings (SSSR count). The summed E-state index contributed by atoms with van der Waals surface area (Å²) in [6.45, 7) is 0. The molecular weight excluding hydrogens is 252 g/mol. The molecule has 0 amide bonds. The van der Waals surface area contributed by atoms with Gasteiger partial charge in [-0.25, -0.2) is 0 Å². The van der Waals surface area contributed by atoms with Crippen LogP contribution in [0.25, 0.3) is 0 Å². The molecule has 0 radical (unpaired) electrons. The molecule has 1 spiro atoms. The van der Waals surface area contributed by atoms with E-state index in [4.69, 9.17) is 4.74 Å². The van der Waals surface area contributed by atoms with E-state index in [0.29, 0.717) is 12.8 Å². The molecule has 2 aliphatic carbocycles. The van der Waals surface area contributed by atoms with Gasteiger partial charge in [-0.05, 0) is 43.2 Å². The lowest BCUT2D eigenvalue weighted by Gasteiger charge is -2.43. The normalized spacial score (nSPS) is 29.1. The largest absolute Gasteiger partial charge is 0.468 e. The van der Waals surface area contributed by atoms with Gasteiger partial charge in [0, 0.05) is 11.8 Å². The van der Waals surface area contributed by atoms with Crippen molar-refractivity contribution in [1.82, 2.24) is 0 Å². The fourth-order valence-corrected chi connectivity index (χ4v) is 3.97. The van der Waals surface area contributed by atoms with Crippen LogP contribution in [-0.2, 0) is 26.2 Å². The molecule has 0 N–H and O–H groups in total. The van der Waals surface area contributed by atoms with Crippen LogP contribution in [0, 0.1) is 5.92 Å². The molecule has 3 nitrogen and oxygen atoms in total. The van der Waals surface area contributed by atoms with E-state index in [9.17, 15) is 9.59 Å². The van der Waals surface area contributed by atoms with Crippen molar-refractivity contribution < 1.29 is 14.3 Å². The first-order valence-electron chi connectivity index (χ1n) is 7.35. The van der Waals surface area contributed by atoms with Gasteiger partial charge in [-0.2, -0.15) is 0 Å². The number of methoxy groups -OCH3 is 1. The number of hydrogen-bond acceptors (Lipinski definition) is 3. The topological polar surface area (TPSA) is 43.4 Å². The number of benzene rings is 1. The summed E-state index contributed by atoms with van der Waals surface area (Å²) in [4.78, 5) is 24.0. The van der Waals surface area contributed by atoms with Gasteiger partial charge in [0.15, 0.2) is 0 Å². The summed E-state index contributed by atoms with van der Waals surface area (Å²) in [6.07, 6.45) is 5.32. The fourth-order valence-electron chi connectivity index (χ4n) is 3.97. The highest BCUT2D eigenvalue weighted by atomic mass is 16.5. The zero-order chi connectivity index (χ0) is 14.2. The summed E-state index contributed by atoms with van der Waals surface area (Å²) < 4.78 is 4.75. The molecular formula is C17H20O3. The number of ether oxygens (including phenoxy) is 1. The monoisotopic (exact) mass is 272 g/mol. The van der Waals surface area contributed by atoms with Crippen LogP contribution in [0.1, 0.15) is 43.2 Å². The zero-order valence-electron chi connectivity index (χ0n) is 11.9. The molecule has 2 aliphatic rings. The second kappa shape index (κ2) is 5.04. The molecule has 2 atom stereocenters. The lowest BCUT2D eigenvalue weighted by molar-refractivity contribution is -0.151. The summed E-state index contributed by atoms with van der Waals surface area (Å²) in [6, 6.07) is 8.47. The first-order valence-corrected chi connectivity index (χ1v) is 7.35. The number of Topliss-reactive ketones (excluding diaryl/α,β-unsaturated/α-hetero) is 1. The van der Waals surface area contributed by atoms with E-state index in [-0.39, 0.29) is 17.2 Å². The van der Waals surface area contributed by atoms with Crippen molar-refractivity contribution in [3.8, 4) is 0 Å². The van der Waals surface area contributed by atoms with E-state index < -0.39 is 5.92 Å². The molecule has 1 saturated carbocycles. The fraction of sp³-hybridized carbons (Fsp3) is 0.529. The molecule has 0 aliphatic heterocycles. The minimum absolute atomic E-state index is 0.0313. The lowest BCUT2D eigenvalue weighted by Crippen LogP contribution is -2.42. The Morgan fingerprint density at radius 3 is 2.85 bits per heavy atom. The number of hydrogen-bond donors (Lipinski definition) is 0. The Kier molecular flexibility index (Phi) is 3.36. The van der Waals surface area contributed by atoms with Gasteiger partial charge in [0.25, 0.3) is 0 Å². The summed E-state index contributed by atoms with van der Waals surface area (Å²) in [7, 11) is 1.36. The summed E-state index contributed by atoms with van der Waals surface area (Å²) in [5, 5.41) is 0. The Labute approximate surface area is 119 Å². The predicted octanol–water partition coefficient (Wildman–Crippen LogP) is 2.80. The standard InChI is InChI=1S/C17H20O3/c1-20-16(19)13-8-10-17(11-15(13)18)9-4-6-12-5-2-3-7-14(12)17/h2-3,5,7,13H,4,6,8-11H2,1H3. The SMILES string of the molecule is COC(=O)C1CCC2(CCCc3ccccc32)CC1=O. The van der Waals surface area contributed by atoms with Gasteiger partial charge in [-0.15, -0.1) is 0 Å². The smallest absolute Gasteiger partial charge is 0.316 e. The van der Waals surface area contributed by atoms with Crippen LogP contribution in [-0.4, -0.2) is 18.9 Å². The molecule has 0 saturated heterocycles. The zero-order valence-corrected chi connectivity index (χ0v) is 11.9. The number of esters is 1. The number of carbonyl (C=O) groups excluding carboxylic acids is 2. The maximum atomic E-state index is 12.4. The number of carbonyl (C=O) groups is 2. The Morgan fingerprint density at radius 2 is 2.10 bits per heavy atom. The lowest BCUT2D eigenvalue weighted by atomic mass is 9.60. The van der Waals surface area contributed by atoms with Gasteiger partial charge >= 0.3 is 5.97 Å². The number of rotatable bonds is 1. The molecule has 1 aromatic carbocycles. The Balaban J connectivity index is 1.90. The van der Waals surface area contributed by atoms with Gasteiger partial charge in [0.2, 0.25) is 0 Å². The van der Waals surface area contributed by atoms with Crippen molar-refractivity contribution in [3.63, 3.8) is 0 Å². The van der Waals surface area contributed by atoms with Gasteiger partial charge in [-0.3, -0.25) is 9.59 Å². The van der Waals surface area contributed by atoms with E-state index in [0.717, 1.165) is 25.7 Å². The highest BCUT2D eigenvalue weighted by molar-refractivity contribution is 6.00. The van der Waals surface area contributed by atoms with E-state index in [2.05, 4.69) is 24.3 Å². The van der Waals surface area contributed by atoms with Crippen molar-refractivity contribution in [1.29, 1.82) is 0 Å². The average molecular weight is 272 g/mol. The van der Waals surface area contributed by atoms with Crippen molar-refractivity contribution in [2.24, 2.45) is 5.92 Å². The predicted molar refractivity (Wildman–Crippen MR) is 75.4 cm³/mol. The molecule has 0 aromatic heterocycles. The third-order valence-corrected chi connectivity index (χ3v) is 4.99. The van der Waals surface area contributed by atoms with Crippen LogP contribution in [0.2, 0.25) is 0 Å². The average Bonchev–Trinajstić information content (AvgIpc) is 2.47. The third-order valence-electron chi connectivity index (χ3n) is 4.99. The molecule has 0 heterocycles. The van der Waals surface area contributed by atoms with Gasteiger partial charge in [0.05, 0.1) is 7.11 Å². The minimum atomic E-state index is -0.542. The van der Waals surface area contributed by atoms with E-state index in [1.54, 1.807) is 0 Å². The van der Waals surface area contributed by atoms with E-state index >= 15 is 0 Å². The molecule has 0 bridgehead atoms. The molecule has 1 fully saturated rings. The van der Waals surface area contributed by atoms with Crippen molar-refractivity contribution in [2.75, 3.05) is 7.11 Å². The highest BCUT2D eigenvalue weighted by Gasteiger charge is 2.45. The van der Waals surface area contributed by atoms with Gasteiger partial charge in [-0.1, -0.05) is 24.3 Å². The summed E-state index contributed by atoms with van der Waals surface area (Å²) >= 11 is 0. The number of ketones is 1. The third kappa shape index (κ3) is 2.05. The molecule has 2 unspecified atom stereocenters. The summed E-state index contributed by atoms with van der Waals surface area (Å²) in [5.74, 6) is -0.853. The van der Waals surface area contributed by atoms with Crippen LogP contribution in [0.15, 0.2) is 24.3 Å². The first kappa shape index (κ1) is 13.3. The molecule has 20 heavy (non-hydrogen) atoms. The highest BCUT2D eigenvalue weighted by Crippen LogP contribution is 2.47. The van der Waals surface area contributed by atoms with Crippen molar-refractivity contribution in [3.05, 3.63) is 35.4 Å². The molecule has 106 valence electrons. The Hall–Kier alpha value is -1.64. The van der Waals surface area contributed by atoms with Gasteiger partial charge in [0.1, 0.15) is 11.7 Å². The quantitative estimate of drug-likeness (QED) is 0.583. The summed E-state index contributed by atoms with van der Waals surface area (Å²) in [5.41, 5.74) is 2.68. The molecule has 3 heteroatoms.